The highest BCUT2D eigenvalue weighted by Gasteiger charge is 2.30. The van der Waals surface area contributed by atoms with Gasteiger partial charge in [-0.15, -0.1) is 0 Å². The van der Waals surface area contributed by atoms with Crippen molar-refractivity contribution in [2.75, 3.05) is 44.3 Å². The molecule has 3 heterocycles. The van der Waals surface area contributed by atoms with Gasteiger partial charge >= 0.3 is 0 Å². The minimum absolute atomic E-state index is 0.0976. The second kappa shape index (κ2) is 7.02. The van der Waals surface area contributed by atoms with E-state index in [0.717, 1.165) is 31.7 Å². The average Bonchev–Trinajstić information content (AvgIpc) is 2.55. The zero-order chi connectivity index (χ0) is 15.5. The largest absolute Gasteiger partial charge is 0.378 e. The summed E-state index contributed by atoms with van der Waals surface area (Å²) in [6, 6.07) is 1.70. The third-order valence-corrected chi connectivity index (χ3v) is 4.74. The van der Waals surface area contributed by atoms with Gasteiger partial charge in [0.15, 0.2) is 0 Å². The lowest BCUT2D eigenvalue weighted by atomic mass is 9.95. The van der Waals surface area contributed by atoms with Crippen molar-refractivity contribution in [3.63, 3.8) is 0 Å². The Morgan fingerprint density at radius 3 is 2.50 bits per heavy atom. The number of piperidine rings is 1. The van der Waals surface area contributed by atoms with Crippen molar-refractivity contribution in [2.24, 2.45) is 5.92 Å². The molecule has 1 aromatic heterocycles. The lowest BCUT2D eigenvalue weighted by Crippen LogP contribution is -2.47. The highest BCUT2D eigenvalue weighted by atomic mass is 35.5. The SMILES string of the molecule is O=C(C1CCN(c2ncc(Cl)cc2Cl)CC1)N1CCOCC1. The zero-order valence-corrected chi connectivity index (χ0v) is 13.8. The Labute approximate surface area is 140 Å². The summed E-state index contributed by atoms with van der Waals surface area (Å²) in [6.45, 7) is 4.29. The van der Waals surface area contributed by atoms with Gasteiger partial charge in [-0.05, 0) is 18.9 Å². The molecule has 0 bridgehead atoms. The lowest BCUT2D eigenvalue weighted by molar-refractivity contribution is -0.140. The molecule has 0 N–H and O–H groups in total. The molecule has 0 aliphatic carbocycles. The van der Waals surface area contributed by atoms with Crippen molar-refractivity contribution >= 4 is 34.9 Å². The Morgan fingerprint density at radius 1 is 1.18 bits per heavy atom. The van der Waals surface area contributed by atoms with Gasteiger partial charge in [0.05, 0.1) is 23.3 Å². The molecule has 5 nitrogen and oxygen atoms in total. The van der Waals surface area contributed by atoms with Crippen LogP contribution in [0.15, 0.2) is 12.3 Å². The van der Waals surface area contributed by atoms with Crippen LogP contribution in [0.5, 0.6) is 0 Å². The molecule has 2 aliphatic heterocycles. The average molecular weight is 344 g/mol. The third kappa shape index (κ3) is 3.47. The number of ether oxygens (including phenoxy) is 1. The number of morpholine rings is 1. The normalized spacial score (nSPS) is 20.3. The van der Waals surface area contributed by atoms with Crippen molar-refractivity contribution in [2.45, 2.75) is 12.8 Å². The van der Waals surface area contributed by atoms with Gasteiger partial charge < -0.3 is 14.5 Å². The van der Waals surface area contributed by atoms with Crippen molar-refractivity contribution in [1.29, 1.82) is 0 Å². The fourth-order valence-corrected chi connectivity index (χ4v) is 3.52. The van der Waals surface area contributed by atoms with Crippen LogP contribution in [-0.2, 0) is 9.53 Å². The molecule has 0 radical (unpaired) electrons. The van der Waals surface area contributed by atoms with Crippen LogP contribution in [0.25, 0.3) is 0 Å². The number of nitrogens with zero attached hydrogens (tertiary/aromatic N) is 3. The molecule has 1 aromatic rings. The van der Waals surface area contributed by atoms with Gasteiger partial charge in [-0.2, -0.15) is 0 Å². The van der Waals surface area contributed by atoms with Gasteiger partial charge in [-0.1, -0.05) is 23.2 Å². The number of rotatable bonds is 2. The molecule has 0 atom stereocenters. The summed E-state index contributed by atoms with van der Waals surface area (Å²) in [5.41, 5.74) is 0. The molecule has 2 saturated heterocycles. The van der Waals surface area contributed by atoms with Gasteiger partial charge in [0.25, 0.3) is 0 Å². The second-order valence-corrected chi connectivity index (χ2v) is 6.50. The fraction of sp³-hybridized carbons (Fsp3) is 0.600. The van der Waals surface area contributed by atoms with Crippen molar-refractivity contribution in [1.82, 2.24) is 9.88 Å². The Balaban J connectivity index is 1.59. The number of hydrogen-bond donors (Lipinski definition) is 0. The smallest absolute Gasteiger partial charge is 0.225 e. The van der Waals surface area contributed by atoms with E-state index in [2.05, 4.69) is 9.88 Å². The number of carbonyl (C=O) groups excluding carboxylic acids is 1. The molecular weight excluding hydrogens is 325 g/mol. The highest BCUT2D eigenvalue weighted by Crippen LogP contribution is 2.30. The molecule has 7 heteroatoms. The molecule has 3 rings (SSSR count). The van der Waals surface area contributed by atoms with Crippen LogP contribution >= 0.6 is 23.2 Å². The Kier molecular flexibility index (Phi) is 5.06. The first kappa shape index (κ1) is 15.8. The topological polar surface area (TPSA) is 45.7 Å². The molecule has 22 heavy (non-hydrogen) atoms. The molecule has 0 aromatic carbocycles. The summed E-state index contributed by atoms with van der Waals surface area (Å²) < 4.78 is 5.30. The number of carbonyl (C=O) groups is 1. The Bertz CT molecular complexity index is 542. The van der Waals surface area contributed by atoms with Gasteiger partial charge in [0, 0.05) is 38.3 Å². The number of amides is 1. The van der Waals surface area contributed by atoms with Crippen LogP contribution < -0.4 is 4.90 Å². The third-order valence-electron chi connectivity index (χ3n) is 4.25. The quantitative estimate of drug-likeness (QED) is 0.827. The summed E-state index contributed by atoms with van der Waals surface area (Å²) in [5, 5.41) is 1.09. The van der Waals surface area contributed by atoms with Crippen LogP contribution in [0, 0.1) is 5.92 Å². The van der Waals surface area contributed by atoms with E-state index in [0.29, 0.717) is 36.3 Å². The molecule has 2 aliphatic rings. The molecule has 1 amide bonds. The minimum atomic E-state index is 0.0976. The standard InChI is InChI=1S/C15H19Cl2N3O2/c16-12-9-13(17)14(18-10-12)19-3-1-11(2-4-19)15(21)20-5-7-22-8-6-20/h9-11H,1-8H2. The van der Waals surface area contributed by atoms with E-state index in [9.17, 15) is 4.79 Å². The van der Waals surface area contributed by atoms with Gasteiger partial charge in [0.1, 0.15) is 5.82 Å². The van der Waals surface area contributed by atoms with E-state index < -0.39 is 0 Å². The zero-order valence-electron chi connectivity index (χ0n) is 12.3. The molecule has 120 valence electrons. The Morgan fingerprint density at radius 2 is 1.86 bits per heavy atom. The number of anilines is 1. The highest BCUT2D eigenvalue weighted by molar-refractivity contribution is 6.36. The number of hydrogen-bond acceptors (Lipinski definition) is 4. The van der Waals surface area contributed by atoms with Crippen LogP contribution in [0.4, 0.5) is 5.82 Å². The van der Waals surface area contributed by atoms with Gasteiger partial charge in [-0.25, -0.2) is 4.98 Å². The number of halogens is 2. The summed E-state index contributed by atoms with van der Waals surface area (Å²) in [5.74, 6) is 1.11. The monoisotopic (exact) mass is 343 g/mol. The molecule has 2 fully saturated rings. The summed E-state index contributed by atoms with van der Waals surface area (Å²) in [6.07, 6.45) is 3.27. The van der Waals surface area contributed by atoms with E-state index in [-0.39, 0.29) is 11.8 Å². The lowest BCUT2D eigenvalue weighted by Gasteiger charge is -2.36. The predicted molar refractivity (Wildman–Crippen MR) is 86.6 cm³/mol. The molecule has 0 spiro atoms. The van der Waals surface area contributed by atoms with E-state index in [4.69, 9.17) is 27.9 Å². The molecule has 0 saturated carbocycles. The van der Waals surface area contributed by atoms with E-state index in [1.165, 1.54) is 0 Å². The predicted octanol–water partition coefficient (Wildman–Crippen LogP) is 2.46. The maximum absolute atomic E-state index is 12.5. The van der Waals surface area contributed by atoms with Crippen molar-refractivity contribution in [3.05, 3.63) is 22.3 Å². The first-order chi connectivity index (χ1) is 10.6. The molecule has 0 unspecified atom stereocenters. The van der Waals surface area contributed by atoms with Crippen molar-refractivity contribution < 1.29 is 9.53 Å². The first-order valence-electron chi connectivity index (χ1n) is 7.57. The summed E-state index contributed by atoms with van der Waals surface area (Å²) >= 11 is 12.1. The summed E-state index contributed by atoms with van der Waals surface area (Å²) in [4.78, 5) is 20.9. The van der Waals surface area contributed by atoms with E-state index in [1.807, 2.05) is 4.90 Å². The van der Waals surface area contributed by atoms with E-state index >= 15 is 0 Å². The minimum Gasteiger partial charge on any atom is -0.378 e. The molecular formula is C15H19Cl2N3O2. The fourth-order valence-electron chi connectivity index (χ4n) is 3.02. The first-order valence-corrected chi connectivity index (χ1v) is 8.33. The van der Waals surface area contributed by atoms with Gasteiger partial charge in [-0.3, -0.25) is 4.79 Å². The summed E-state index contributed by atoms with van der Waals surface area (Å²) in [7, 11) is 0. The van der Waals surface area contributed by atoms with Crippen molar-refractivity contribution in [3.8, 4) is 0 Å². The van der Waals surface area contributed by atoms with Crippen LogP contribution in [0.1, 0.15) is 12.8 Å². The Hall–Kier alpha value is -1.04. The number of aromatic nitrogens is 1. The maximum atomic E-state index is 12.5. The second-order valence-electron chi connectivity index (χ2n) is 5.66. The van der Waals surface area contributed by atoms with Crippen LogP contribution in [0.2, 0.25) is 10.0 Å². The van der Waals surface area contributed by atoms with Crippen LogP contribution in [-0.4, -0.2) is 55.2 Å². The van der Waals surface area contributed by atoms with E-state index in [1.54, 1.807) is 12.3 Å². The van der Waals surface area contributed by atoms with Gasteiger partial charge in [0.2, 0.25) is 5.91 Å². The number of pyridine rings is 1. The van der Waals surface area contributed by atoms with Crippen LogP contribution in [0.3, 0.4) is 0 Å². The maximum Gasteiger partial charge on any atom is 0.225 e.